The molecule has 0 aliphatic carbocycles. The second-order valence-electron chi connectivity index (χ2n) is 6.77. The van der Waals surface area contributed by atoms with Gasteiger partial charge in [0.05, 0.1) is 17.6 Å². The van der Waals surface area contributed by atoms with Crippen LogP contribution < -0.4 is 9.03 Å². The number of anilines is 1. The number of rotatable bonds is 5. The Morgan fingerprint density at radius 3 is 2.53 bits per heavy atom. The van der Waals surface area contributed by atoms with Gasteiger partial charge in [0.2, 0.25) is 5.88 Å². The first-order valence-electron chi connectivity index (χ1n) is 8.98. The van der Waals surface area contributed by atoms with E-state index in [-0.39, 0.29) is 40.6 Å². The van der Waals surface area contributed by atoms with E-state index < -0.39 is 10.2 Å². The summed E-state index contributed by atoms with van der Waals surface area (Å²) in [7, 11) is -1.21. The third-order valence-electron chi connectivity index (χ3n) is 5.03. The Hall–Kier alpha value is -3.37. The number of hydrogen-bond donors (Lipinski definition) is 3. The third-order valence-corrected chi connectivity index (χ3v) is 6.45. The van der Waals surface area contributed by atoms with Crippen molar-refractivity contribution in [2.24, 2.45) is 0 Å². The maximum absolute atomic E-state index is 13.2. The Balaban J connectivity index is 2.03. The minimum absolute atomic E-state index is 0.0801. The van der Waals surface area contributed by atoms with Crippen molar-refractivity contribution in [1.29, 1.82) is 0 Å². The highest BCUT2D eigenvalue weighted by Crippen LogP contribution is 2.46. The fourth-order valence-corrected chi connectivity index (χ4v) is 4.22. The number of benzene rings is 2. The molecule has 0 saturated carbocycles. The maximum atomic E-state index is 13.2. The number of fused-ring (bicyclic) bond motifs is 2. The van der Waals surface area contributed by atoms with Gasteiger partial charge in [-0.3, -0.25) is 9.29 Å². The minimum Gasteiger partial charge on any atom is -0.505 e. The van der Waals surface area contributed by atoms with Gasteiger partial charge in [-0.25, -0.2) is 9.11 Å². The molecule has 2 aromatic heterocycles. The molecule has 0 spiro atoms. The van der Waals surface area contributed by atoms with Crippen molar-refractivity contribution in [3.05, 3.63) is 60.2 Å². The monoisotopic (exact) mass is 430 g/mol. The van der Waals surface area contributed by atoms with E-state index >= 15 is 0 Å². The molecular weight excluding hydrogens is 411 g/mol. The first-order chi connectivity index (χ1) is 14.2. The van der Waals surface area contributed by atoms with Gasteiger partial charge in [0, 0.05) is 37.3 Å². The van der Waals surface area contributed by atoms with Gasteiger partial charge in [-0.05, 0) is 29.8 Å². The van der Waals surface area contributed by atoms with Crippen LogP contribution in [-0.2, 0) is 16.8 Å². The molecule has 3 N–H and O–H groups in total. The van der Waals surface area contributed by atoms with Crippen molar-refractivity contribution in [3.63, 3.8) is 0 Å². The molecule has 4 rings (SSSR count). The number of nitrogens with zero attached hydrogens (tertiary/aromatic N) is 3. The number of pyridine rings is 1. The number of phenolic OH excluding ortho intramolecular Hbond substituents is 1. The van der Waals surface area contributed by atoms with Crippen LogP contribution in [0.5, 0.6) is 11.6 Å². The molecule has 0 radical (unpaired) electrons. The molecule has 0 fully saturated rings. The van der Waals surface area contributed by atoms with Crippen LogP contribution in [0.1, 0.15) is 5.56 Å². The van der Waals surface area contributed by atoms with Gasteiger partial charge >= 0.3 is 10.2 Å². The number of aromatic nitrogens is 2. The van der Waals surface area contributed by atoms with Crippen molar-refractivity contribution < 1.29 is 23.0 Å². The molecule has 10 heteroatoms. The average molecular weight is 430 g/mol. The molecule has 30 heavy (non-hydrogen) atoms. The van der Waals surface area contributed by atoms with E-state index in [1.54, 1.807) is 30.5 Å². The normalized spacial score (nSPS) is 12.0. The van der Waals surface area contributed by atoms with Gasteiger partial charge in [-0.1, -0.05) is 12.1 Å². The van der Waals surface area contributed by atoms with Crippen molar-refractivity contribution in [2.75, 3.05) is 18.4 Å². The summed E-state index contributed by atoms with van der Waals surface area (Å²) in [5.41, 5.74) is 1.13. The van der Waals surface area contributed by atoms with Gasteiger partial charge in [0.1, 0.15) is 11.3 Å². The zero-order valence-electron chi connectivity index (χ0n) is 16.2. The molecule has 0 amide bonds. The summed E-state index contributed by atoms with van der Waals surface area (Å²) < 4.78 is 43.0. The number of phenols is 1. The minimum atomic E-state index is -3.87. The molecule has 4 aromatic rings. The van der Waals surface area contributed by atoms with Gasteiger partial charge in [0.15, 0.2) is 5.75 Å². The fourth-order valence-electron chi connectivity index (χ4n) is 3.51. The molecule has 0 bridgehead atoms. The van der Waals surface area contributed by atoms with E-state index in [1.165, 1.54) is 37.0 Å². The molecule has 2 aromatic carbocycles. The number of nitrogens with one attached hydrogen (secondary N) is 1. The van der Waals surface area contributed by atoms with Crippen molar-refractivity contribution in [3.8, 4) is 11.6 Å². The van der Waals surface area contributed by atoms with Crippen molar-refractivity contribution >= 4 is 37.6 Å². The first kappa shape index (κ1) is 19.9. The lowest BCUT2D eigenvalue weighted by molar-refractivity contribution is 0.425. The molecule has 0 unspecified atom stereocenters. The summed E-state index contributed by atoms with van der Waals surface area (Å²) in [5, 5.41) is 22.4. The summed E-state index contributed by atoms with van der Waals surface area (Å²) >= 11 is 0. The van der Waals surface area contributed by atoms with E-state index in [0.29, 0.717) is 16.3 Å². The number of hydrogen-bond acceptors (Lipinski definition) is 5. The predicted octanol–water partition coefficient (Wildman–Crippen LogP) is 2.69. The molecule has 8 nitrogen and oxygen atoms in total. The first-order valence-corrected chi connectivity index (χ1v) is 10.4. The summed E-state index contributed by atoms with van der Waals surface area (Å²) in [4.78, 5) is 4.17. The Morgan fingerprint density at radius 1 is 1.17 bits per heavy atom. The number of aromatic hydroxyl groups is 2. The van der Waals surface area contributed by atoms with Crippen LogP contribution in [0.4, 0.5) is 10.1 Å². The summed E-state index contributed by atoms with van der Waals surface area (Å²) in [6.45, 7) is 0.186. The zero-order chi connectivity index (χ0) is 21.6. The van der Waals surface area contributed by atoms with Crippen LogP contribution in [0, 0.1) is 5.82 Å². The zero-order valence-corrected chi connectivity index (χ0v) is 17.0. The Morgan fingerprint density at radius 2 is 1.87 bits per heavy atom. The molecule has 0 aliphatic rings. The third kappa shape index (κ3) is 3.10. The fraction of sp³-hybridized carbons (Fsp3) is 0.150. The van der Waals surface area contributed by atoms with Crippen LogP contribution in [0.2, 0.25) is 0 Å². The van der Waals surface area contributed by atoms with Crippen LogP contribution >= 0.6 is 0 Å². The number of halogens is 1. The van der Waals surface area contributed by atoms with Crippen LogP contribution in [-0.4, -0.2) is 42.3 Å². The molecular formula is C20H19FN4O4S. The molecule has 156 valence electrons. The second-order valence-corrected chi connectivity index (χ2v) is 8.68. The summed E-state index contributed by atoms with van der Waals surface area (Å²) in [6, 6.07) is 9.05. The van der Waals surface area contributed by atoms with E-state index in [1.807, 2.05) is 0 Å². The highest BCUT2D eigenvalue weighted by molar-refractivity contribution is 7.90. The van der Waals surface area contributed by atoms with E-state index in [0.717, 1.165) is 4.31 Å². The van der Waals surface area contributed by atoms with E-state index in [2.05, 4.69) is 9.71 Å². The quantitative estimate of drug-likeness (QED) is 0.451. The lowest BCUT2D eigenvalue weighted by Crippen LogP contribution is -2.36. The highest BCUT2D eigenvalue weighted by Gasteiger charge is 2.27. The highest BCUT2D eigenvalue weighted by atomic mass is 32.2. The lowest BCUT2D eigenvalue weighted by atomic mass is 10.1. The van der Waals surface area contributed by atoms with Crippen molar-refractivity contribution in [2.45, 2.75) is 6.54 Å². The van der Waals surface area contributed by atoms with Crippen LogP contribution in [0.3, 0.4) is 0 Å². The molecule has 0 aliphatic heterocycles. The van der Waals surface area contributed by atoms with Gasteiger partial charge in [0.25, 0.3) is 0 Å². The van der Waals surface area contributed by atoms with Gasteiger partial charge < -0.3 is 14.8 Å². The standard InChI is InChI=1S/C20H19FN4O4S/c1-22-30(28,29)24(2)18-14-4-3-9-23-17(14)19(26)16-15(18)11-25(20(16)27)10-12-5-7-13(21)8-6-12/h3-9,11,22,26-27H,10H2,1-2H3. The van der Waals surface area contributed by atoms with E-state index in [4.69, 9.17) is 0 Å². The smallest absolute Gasteiger partial charge is 0.301 e. The van der Waals surface area contributed by atoms with Gasteiger partial charge in [-0.15, -0.1) is 0 Å². The van der Waals surface area contributed by atoms with Crippen LogP contribution in [0.25, 0.3) is 21.7 Å². The van der Waals surface area contributed by atoms with Crippen LogP contribution in [0.15, 0.2) is 48.8 Å². The Kier molecular flexibility index (Phi) is 4.75. The average Bonchev–Trinajstić information content (AvgIpc) is 3.06. The molecule has 0 atom stereocenters. The maximum Gasteiger partial charge on any atom is 0.301 e. The summed E-state index contributed by atoms with van der Waals surface area (Å²) in [6.07, 6.45) is 3.02. The van der Waals surface area contributed by atoms with E-state index in [9.17, 15) is 23.0 Å². The Labute approximate surface area is 172 Å². The lowest BCUT2D eigenvalue weighted by Gasteiger charge is -2.21. The van der Waals surface area contributed by atoms with Crippen molar-refractivity contribution in [1.82, 2.24) is 14.3 Å². The topological polar surface area (TPSA) is 108 Å². The second kappa shape index (κ2) is 7.15. The SMILES string of the molecule is CNS(=O)(=O)N(C)c1c2cccnc2c(O)c2c(O)n(Cc3ccc(F)cc3)cc12. The molecule has 0 saturated heterocycles. The largest absolute Gasteiger partial charge is 0.505 e. The summed E-state index contributed by atoms with van der Waals surface area (Å²) in [5.74, 6) is -0.886. The predicted molar refractivity (Wildman–Crippen MR) is 112 cm³/mol. The van der Waals surface area contributed by atoms with Gasteiger partial charge in [-0.2, -0.15) is 8.42 Å². The molecule has 2 heterocycles. The Bertz CT molecular complexity index is 1370.